The molecule has 1 aromatic rings. The number of rotatable bonds is 2. The van der Waals surface area contributed by atoms with Gasteiger partial charge in [-0.15, -0.1) is 0 Å². The topological polar surface area (TPSA) is 50.2 Å². The summed E-state index contributed by atoms with van der Waals surface area (Å²) in [7, 11) is 1.95. The van der Waals surface area contributed by atoms with Crippen LogP contribution in [0, 0.1) is 0 Å². The number of nitrogens with zero attached hydrogens (tertiary/aromatic N) is 3. The number of carbonyl (C=O) groups excluding carboxylic acids is 1. The summed E-state index contributed by atoms with van der Waals surface area (Å²) in [6.45, 7) is 3.15. The fourth-order valence-electron chi connectivity index (χ4n) is 3.37. The molecule has 5 heteroatoms. The Labute approximate surface area is 114 Å². The van der Waals surface area contributed by atoms with Crippen LogP contribution in [-0.4, -0.2) is 39.2 Å². The predicted molar refractivity (Wildman–Crippen MR) is 72.4 cm³/mol. The number of amides is 1. The van der Waals surface area contributed by atoms with Gasteiger partial charge in [0.2, 0.25) is 5.91 Å². The summed E-state index contributed by atoms with van der Waals surface area (Å²) in [5.74, 6) is 0.237. The van der Waals surface area contributed by atoms with E-state index in [9.17, 15) is 4.79 Å². The third kappa shape index (κ3) is 2.81. The third-order valence-electron chi connectivity index (χ3n) is 4.44. The quantitative estimate of drug-likeness (QED) is 0.867. The zero-order valence-corrected chi connectivity index (χ0v) is 11.6. The molecule has 1 N–H and O–H groups in total. The van der Waals surface area contributed by atoms with Gasteiger partial charge in [-0.3, -0.25) is 14.4 Å². The van der Waals surface area contributed by atoms with Gasteiger partial charge in [-0.1, -0.05) is 0 Å². The van der Waals surface area contributed by atoms with E-state index in [0.717, 1.165) is 38.9 Å². The molecule has 3 heterocycles. The maximum absolute atomic E-state index is 11.5. The van der Waals surface area contributed by atoms with Crippen LogP contribution < -0.4 is 5.32 Å². The Morgan fingerprint density at radius 3 is 2.95 bits per heavy atom. The van der Waals surface area contributed by atoms with Gasteiger partial charge in [0, 0.05) is 43.9 Å². The van der Waals surface area contributed by atoms with Crippen LogP contribution in [0.4, 0.5) is 0 Å². The first-order valence-corrected chi connectivity index (χ1v) is 7.16. The van der Waals surface area contributed by atoms with E-state index < -0.39 is 0 Å². The van der Waals surface area contributed by atoms with Crippen LogP contribution in [0.25, 0.3) is 0 Å². The molecule has 2 saturated heterocycles. The van der Waals surface area contributed by atoms with Crippen molar-refractivity contribution in [2.75, 3.05) is 13.1 Å². The Bertz CT molecular complexity index is 470. The molecule has 2 aliphatic rings. The van der Waals surface area contributed by atoms with E-state index in [2.05, 4.69) is 21.5 Å². The van der Waals surface area contributed by atoms with Gasteiger partial charge < -0.3 is 5.32 Å². The van der Waals surface area contributed by atoms with Crippen LogP contribution in [0.2, 0.25) is 0 Å². The normalized spacial score (nSPS) is 28.6. The summed E-state index contributed by atoms with van der Waals surface area (Å²) in [4.78, 5) is 14.0. The molecule has 19 heavy (non-hydrogen) atoms. The Morgan fingerprint density at radius 2 is 2.26 bits per heavy atom. The third-order valence-corrected chi connectivity index (χ3v) is 4.44. The van der Waals surface area contributed by atoms with Crippen LogP contribution >= 0.6 is 0 Å². The first-order chi connectivity index (χ1) is 9.15. The molecule has 0 aliphatic carbocycles. The first-order valence-electron chi connectivity index (χ1n) is 7.16. The lowest BCUT2D eigenvalue weighted by Gasteiger charge is -2.27. The van der Waals surface area contributed by atoms with E-state index in [4.69, 9.17) is 0 Å². The Kier molecular flexibility index (Phi) is 3.31. The molecule has 5 nitrogen and oxygen atoms in total. The summed E-state index contributed by atoms with van der Waals surface area (Å²) in [5.41, 5.74) is 1.37. The summed E-state index contributed by atoms with van der Waals surface area (Å²) in [6, 6.07) is 0. The molecule has 3 rings (SSSR count). The van der Waals surface area contributed by atoms with Crippen molar-refractivity contribution < 1.29 is 4.79 Å². The van der Waals surface area contributed by atoms with E-state index in [0.29, 0.717) is 6.42 Å². The van der Waals surface area contributed by atoms with Crippen molar-refractivity contribution in [3.05, 3.63) is 18.0 Å². The van der Waals surface area contributed by atoms with Crippen LogP contribution in [0.5, 0.6) is 0 Å². The van der Waals surface area contributed by atoms with E-state index >= 15 is 0 Å². The number of nitrogens with one attached hydrogen (secondary N) is 1. The van der Waals surface area contributed by atoms with Gasteiger partial charge in [0.25, 0.3) is 0 Å². The van der Waals surface area contributed by atoms with Gasteiger partial charge in [0.15, 0.2) is 0 Å². The van der Waals surface area contributed by atoms with Crippen molar-refractivity contribution in [1.82, 2.24) is 20.0 Å². The molecule has 0 aromatic carbocycles. The first kappa shape index (κ1) is 12.7. The van der Waals surface area contributed by atoms with Crippen molar-refractivity contribution in [1.29, 1.82) is 0 Å². The molecule has 1 aromatic heterocycles. The van der Waals surface area contributed by atoms with Crippen LogP contribution in [0.3, 0.4) is 0 Å². The molecule has 0 bridgehead atoms. The van der Waals surface area contributed by atoms with Crippen molar-refractivity contribution in [3.63, 3.8) is 0 Å². The minimum Gasteiger partial charge on any atom is -0.351 e. The molecule has 1 spiro atoms. The highest BCUT2D eigenvalue weighted by Crippen LogP contribution is 2.31. The maximum atomic E-state index is 11.5. The largest absolute Gasteiger partial charge is 0.351 e. The fourth-order valence-corrected chi connectivity index (χ4v) is 3.37. The van der Waals surface area contributed by atoms with E-state index in [-0.39, 0.29) is 11.4 Å². The number of aryl methyl sites for hydroxylation is 1. The van der Waals surface area contributed by atoms with Crippen LogP contribution in [0.15, 0.2) is 12.4 Å². The molecule has 0 unspecified atom stereocenters. The van der Waals surface area contributed by atoms with E-state index in [1.54, 1.807) is 0 Å². The zero-order chi connectivity index (χ0) is 13.3. The highest BCUT2D eigenvalue weighted by atomic mass is 16.2. The summed E-state index contributed by atoms with van der Waals surface area (Å²) in [5, 5.41) is 7.44. The van der Waals surface area contributed by atoms with Crippen molar-refractivity contribution in [2.45, 2.75) is 44.2 Å². The minimum absolute atomic E-state index is 0.0980. The molecule has 1 amide bonds. The average molecular weight is 262 g/mol. The van der Waals surface area contributed by atoms with Crippen LogP contribution in [-0.2, 0) is 18.4 Å². The van der Waals surface area contributed by atoms with Crippen molar-refractivity contribution in [3.8, 4) is 0 Å². The number of carbonyl (C=O) groups is 1. The zero-order valence-electron chi connectivity index (χ0n) is 11.6. The summed E-state index contributed by atoms with van der Waals surface area (Å²) in [6.07, 6.45) is 9.13. The van der Waals surface area contributed by atoms with E-state index in [1.807, 2.05) is 17.9 Å². The predicted octanol–water partition coefficient (Wildman–Crippen LogP) is 1.05. The van der Waals surface area contributed by atoms with Gasteiger partial charge in [-0.2, -0.15) is 5.10 Å². The Hall–Kier alpha value is -1.36. The average Bonchev–Trinajstić information content (AvgIpc) is 2.87. The smallest absolute Gasteiger partial charge is 0.220 e. The lowest BCUT2D eigenvalue weighted by molar-refractivity contribution is -0.119. The fraction of sp³-hybridized carbons (Fsp3) is 0.714. The minimum atomic E-state index is 0.0980. The number of hydrogen-bond donors (Lipinski definition) is 1. The van der Waals surface area contributed by atoms with E-state index in [1.165, 1.54) is 12.0 Å². The van der Waals surface area contributed by atoms with Crippen molar-refractivity contribution >= 4 is 5.91 Å². The molecule has 2 fully saturated rings. The van der Waals surface area contributed by atoms with Gasteiger partial charge in [0.1, 0.15) is 0 Å². The van der Waals surface area contributed by atoms with Crippen molar-refractivity contribution in [2.24, 2.45) is 7.05 Å². The Balaban J connectivity index is 1.60. The maximum Gasteiger partial charge on any atom is 0.220 e. The number of likely N-dealkylation sites (tertiary alicyclic amines) is 1. The standard InChI is InChI=1S/C14H22N4O/c1-17-10-12(9-15-17)11-18-7-2-4-14(6-8-18)5-3-13(19)16-14/h9-10H,2-8,11H2,1H3,(H,16,19)/t14-/m1/s1. The molecule has 0 saturated carbocycles. The highest BCUT2D eigenvalue weighted by molar-refractivity contribution is 5.79. The van der Waals surface area contributed by atoms with Gasteiger partial charge in [-0.25, -0.2) is 0 Å². The molecule has 1 atom stereocenters. The second kappa shape index (κ2) is 4.96. The summed E-state index contributed by atoms with van der Waals surface area (Å²) >= 11 is 0. The van der Waals surface area contributed by atoms with Crippen LogP contribution in [0.1, 0.15) is 37.7 Å². The lowest BCUT2D eigenvalue weighted by atomic mass is 9.89. The summed E-state index contributed by atoms with van der Waals surface area (Å²) < 4.78 is 1.85. The SMILES string of the molecule is Cn1cc(CN2CCC[C@@]3(CCC(=O)N3)CC2)cn1. The number of aromatic nitrogens is 2. The Morgan fingerprint density at radius 1 is 1.37 bits per heavy atom. The monoisotopic (exact) mass is 262 g/mol. The van der Waals surface area contributed by atoms with Gasteiger partial charge in [0.05, 0.1) is 6.20 Å². The second-order valence-electron chi connectivity index (χ2n) is 5.98. The molecule has 0 radical (unpaired) electrons. The van der Waals surface area contributed by atoms with Gasteiger partial charge >= 0.3 is 0 Å². The molecular formula is C14H22N4O. The molecule has 2 aliphatic heterocycles. The lowest BCUT2D eigenvalue weighted by Crippen LogP contribution is -2.42. The second-order valence-corrected chi connectivity index (χ2v) is 5.98. The molecular weight excluding hydrogens is 240 g/mol. The number of hydrogen-bond acceptors (Lipinski definition) is 3. The van der Waals surface area contributed by atoms with Gasteiger partial charge in [-0.05, 0) is 32.2 Å². The highest BCUT2D eigenvalue weighted by Gasteiger charge is 2.38. The molecule has 104 valence electrons.